The zero-order chi connectivity index (χ0) is 24.0. The third-order valence-corrected chi connectivity index (χ3v) is 7.14. The summed E-state index contributed by atoms with van der Waals surface area (Å²) in [5.41, 5.74) is 1.88. The van der Waals surface area contributed by atoms with Crippen LogP contribution in [0.25, 0.3) is 0 Å². The number of sulfonamides is 1. The maximum Gasteiger partial charge on any atom is 0.243 e. The molecule has 33 heavy (non-hydrogen) atoms. The van der Waals surface area contributed by atoms with E-state index in [0.717, 1.165) is 9.87 Å². The molecule has 174 valence electrons. The number of aryl methyl sites for hydroxylation is 1. The van der Waals surface area contributed by atoms with Gasteiger partial charge in [0.25, 0.3) is 0 Å². The van der Waals surface area contributed by atoms with E-state index in [4.69, 9.17) is 21.1 Å². The van der Waals surface area contributed by atoms with Gasteiger partial charge in [-0.05, 0) is 42.8 Å². The monoisotopic (exact) mass is 488 g/mol. The van der Waals surface area contributed by atoms with Crippen LogP contribution in [-0.2, 0) is 21.4 Å². The van der Waals surface area contributed by atoms with E-state index in [-0.39, 0.29) is 11.4 Å². The number of nitrogens with zero attached hydrogens (tertiary/aromatic N) is 1. The van der Waals surface area contributed by atoms with Gasteiger partial charge in [0.05, 0.1) is 31.3 Å². The summed E-state index contributed by atoms with van der Waals surface area (Å²) in [7, 11) is -1.01. The molecule has 0 fully saturated rings. The van der Waals surface area contributed by atoms with E-state index in [2.05, 4.69) is 5.32 Å². The first kappa shape index (κ1) is 24.6. The van der Waals surface area contributed by atoms with Crippen molar-refractivity contribution in [3.05, 3.63) is 82.9 Å². The van der Waals surface area contributed by atoms with Gasteiger partial charge in [-0.2, -0.15) is 4.31 Å². The van der Waals surface area contributed by atoms with Gasteiger partial charge in [0.2, 0.25) is 15.9 Å². The van der Waals surface area contributed by atoms with Gasteiger partial charge in [0, 0.05) is 17.6 Å². The van der Waals surface area contributed by atoms with E-state index in [1.807, 2.05) is 6.92 Å². The van der Waals surface area contributed by atoms with Gasteiger partial charge in [-0.3, -0.25) is 4.79 Å². The lowest BCUT2D eigenvalue weighted by atomic mass is 10.2. The minimum absolute atomic E-state index is 0.0709. The number of anilines is 1. The number of nitrogens with one attached hydrogen (secondary N) is 1. The van der Waals surface area contributed by atoms with E-state index in [9.17, 15) is 13.2 Å². The van der Waals surface area contributed by atoms with Gasteiger partial charge in [-0.25, -0.2) is 8.42 Å². The van der Waals surface area contributed by atoms with E-state index < -0.39 is 22.5 Å². The average Bonchev–Trinajstić information content (AvgIpc) is 2.80. The first-order chi connectivity index (χ1) is 15.7. The van der Waals surface area contributed by atoms with Crippen molar-refractivity contribution in [2.45, 2.75) is 18.4 Å². The Bertz CT molecular complexity index is 1230. The number of halogens is 1. The van der Waals surface area contributed by atoms with E-state index in [0.29, 0.717) is 27.8 Å². The molecule has 0 aliphatic rings. The van der Waals surface area contributed by atoms with Gasteiger partial charge in [0.1, 0.15) is 11.5 Å². The fourth-order valence-corrected chi connectivity index (χ4v) is 4.73. The quantitative estimate of drug-likeness (QED) is 0.479. The molecule has 0 saturated carbocycles. The zero-order valence-corrected chi connectivity index (χ0v) is 20.1. The first-order valence-corrected chi connectivity index (χ1v) is 11.9. The van der Waals surface area contributed by atoms with Crippen LogP contribution in [0.3, 0.4) is 0 Å². The summed E-state index contributed by atoms with van der Waals surface area (Å²) in [5, 5.41) is 3.13. The van der Waals surface area contributed by atoms with Crippen LogP contribution in [0.1, 0.15) is 11.1 Å². The molecule has 0 atom stereocenters. The van der Waals surface area contributed by atoms with Crippen molar-refractivity contribution >= 4 is 33.2 Å². The average molecular weight is 489 g/mol. The Kier molecular flexibility index (Phi) is 7.97. The lowest BCUT2D eigenvalue weighted by Crippen LogP contribution is -2.37. The molecule has 0 aliphatic heterocycles. The molecule has 0 spiro atoms. The fourth-order valence-electron chi connectivity index (χ4n) is 3.16. The second kappa shape index (κ2) is 10.7. The molecule has 0 radical (unpaired) electrons. The van der Waals surface area contributed by atoms with Crippen molar-refractivity contribution < 1.29 is 22.7 Å². The Morgan fingerprint density at radius 2 is 1.70 bits per heavy atom. The number of benzene rings is 3. The molecular formula is C24H25ClN2O5S. The van der Waals surface area contributed by atoms with Gasteiger partial charge in [-0.15, -0.1) is 0 Å². The van der Waals surface area contributed by atoms with Gasteiger partial charge >= 0.3 is 0 Å². The standard InChI is InChI=1S/C24H25ClN2O5S/c1-17-8-11-20(12-9-17)33(29,30)27(15-18-6-4-5-7-21(18)25)16-24(28)26-22-14-19(31-2)10-13-23(22)32-3/h4-14H,15-16H2,1-3H3,(H,26,28). The highest BCUT2D eigenvalue weighted by atomic mass is 35.5. The minimum Gasteiger partial charge on any atom is -0.497 e. The van der Waals surface area contributed by atoms with Crippen LogP contribution in [-0.4, -0.2) is 39.4 Å². The lowest BCUT2D eigenvalue weighted by molar-refractivity contribution is -0.116. The van der Waals surface area contributed by atoms with Gasteiger partial charge < -0.3 is 14.8 Å². The zero-order valence-electron chi connectivity index (χ0n) is 18.5. The third kappa shape index (κ3) is 6.04. The number of amides is 1. The molecule has 1 N–H and O–H groups in total. The number of rotatable bonds is 9. The molecule has 7 nitrogen and oxygen atoms in total. The number of ether oxygens (including phenoxy) is 2. The summed E-state index contributed by atoms with van der Waals surface area (Å²) in [6.45, 7) is 1.37. The SMILES string of the molecule is COc1ccc(OC)c(NC(=O)CN(Cc2ccccc2Cl)S(=O)(=O)c2ccc(C)cc2)c1. The molecule has 1 amide bonds. The van der Waals surface area contributed by atoms with Gasteiger partial charge in [-0.1, -0.05) is 47.5 Å². The molecular weight excluding hydrogens is 464 g/mol. The Morgan fingerprint density at radius 1 is 1.00 bits per heavy atom. The maximum absolute atomic E-state index is 13.4. The molecule has 0 aliphatic carbocycles. The number of hydrogen-bond donors (Lipinski definition) is 1. The van der Waals surface area contributed by atoms with Crippen molar-refractivity contribution in [1.82, 2.24) is 4.31 Å². The number of hydrogen-bond acceptors (Lipinski definition) is 5. The van der Waals surface area contributed by atoms with Crippen LogP contribution in [0.2, 0.25) is 5.02 Å². The summed E-state index contributed by atoms with van der Waals surface area (Å²) in [6.07, 6.45) is 0. The van der Waals surface area contributed by atoms with Crippen LogP contribution >= 0.6 is 11.6 Å². The highest BCUT2D eigenvalue weighted by Crippen LogP contribution is 2.29. The molecule has 0 unspecified atom stereocenters. The topological polar surface area (TPSA) is 84.9 Å². The smallest absolute Gasteiger partial charge is 0.243 e. The van der Waals surface area contributed by atoms with Crippen LogP contribution in [0, 0.1) is 6.92 Å². The summed E-state index contributed by atoms with van der Waals surface area (Å²) < 4.78 is 38.4. The minimum atomic E-state index is -3.99. The second-order valence-electron chi connectivity index (χ2n) is 7.29. The van der Waals surface area contributed by atoms with Crippen molar-refractivity contribution in [3.8, 4) is 11.5 Å². The summed E-state index contributed by atoms with van der Waals surface area (Å²) in [5.74, 6) is 0.402. The van der Waals surface area contributed by atoms with Crippen LogP contribution in [0.4, 0.5) is 5.69 Å². The Morgan fingerprint density at radius 3 is 2.33 bits per heavy atom. The van der Waals surface area contributed by atoms with Crippen molar-refractivity contribution in [2.24, 2.45) is 0 Å². The number of carbonyl (C=O) groups is 1. The fraction of sp³-hybridized carbons (Fsp3) is 0.208. The summed E-state index contributed by atoms with van der Waals surface area (Å²) in [6, 6.07) is 18.3. The van der Waals surface area contributed by atoms with Crippen LogP contribution in [0.15, 0.2) is 71.6 Å². The van der Waals surface area contributed by atoms with Crippen LogP contribution < -0.4 is 14.8 Å². The van der Waals surface area contributed by atoms with E-state index in [1.165, 1.54) is 26.4 Å². The van der Waals surface area contributed by atoms with E-state index in [1.54, 1.807) is 54.6 Å². The molecule has 3 aromatic carbocycles. The van der Waals surface area contributed by atoms with E-state index >= 15 is 0 Å². The molecule has 0 heterocycles. The van der Waals surface area contributed by atoms with Gasteiger partial charge in [0.15, 0.2) is 0 Å². The molecule has 3 rings (SSSR count). The highest BCUT2D eigenvalue weighted by molar-refractivity contribution is 7.89. The maximum atomic E-state index is 13.4. The number of carbonyl (C=O) groups excluding carboxylic acids is 1. The molecule has 3 aromatic rings. The third-order valence-electron chi connectivity index (χ3n) is 4.96. The van der Waals surface area contributed by atoms with Crippen molar-refractivity contribution in [1.29, 1.82) is 0 Å². The predicted molar refractivity (Wildman–Crippen MR) is 128 cm³/mol. The number of methoxy groups -OCH3 is 2. The van der Waals surface area contributed by atoms with Crippen molar-refractivity contribution in [2.75, 3.05) is 26.1 Å². The highest BCUT2D eigenvalue weighted by Gasteiger charge is 2.28. The molecule has 0 saturated heterocycles. The normalized spacial score (nSPS) is 11.3. The second-order valence-corrected chi connectivity index (χ2v) is 9.64. The first-order valence-electron chi connectivity index (χ1n) is 10.1. The largest absolute Gasteiger partial charge is 0.497 e. The Hall–Kier alpha value is -3.07. The molecule has 0 aromatic heterocycles. The summed E-state index contributed by atoms with van der Waals surface area (Å²) >= 11 is 6.27. The Balaban J connectivity index is 1.92. The lowest BCUT2D eigenvalue weighted by Gasteiger charge is -2.23. The Labute approximate surface area is 198 Å². The van der Waals surface area contributed by atoms with Crippen LogP contribution in [0.5, 0.6) is 11.5 Å². The predicted octanol–water partition coefficient (Wildman–Crippen LogP) is 4.50. The van der Waals surface area contributed by atoms with Crippen molar-refractivity contribution in [3.63, 3.8) is 0 Å². The molecule has 9 heteroatoms. The molecule has 0 bridgehead atoms. The summed E-state index contributed by atoms with van der Waals surface area (Å²) in [4.78, 5) is 13.0.